The largest absolute Gasteiger partial charge is 0.274 e. The normalized spacial score (nSPS) is 16.2. The molecule has 1 atom stereocenters. The second kappa shape index (κ2) is 9.38. The molecule has 2 heterocycles. The molecule has 0 N–H and O–H groups in total. The van der Waals surface area contributed by atoms with Crippen LogP contribution in [0.3, 0.4) is 0 Å². The standard InChI is InChI=1S/C26H25N3O4S2/c1-16-12-17(2)19(4)25(18(16)3)35(32,33)28(15-22-6-5-11-34-22)23-13-24(30)29(26(23)31)21-9-7-20(14-27)8-10-21/h5-12,23H,13,15H2,1-4H3. The van der Waals surface area contributed by atoms with Gasteiger partial charge in [0.1, 0.15) is 6.04 Å². The Kier molecular flexibility index (Phi) is 6.64. The highest BCUT2D eigenvalue weighted by atomic mass is 32.2. The van der Waals surface area contributed by atoms with Crippen LogP contribution in [0.2, 0.25) is 0 Å². The number of hydrogen-bond acceptors (Lipinski definition) is 6. The lowest BCUT2D eigenvalue weighted by Gasteiger charge is -2.28. The van der Waals surface area contributed by atoms with E-state index in [2.05, 4.69) is 0 Å². The Labute approximate surface area is 209 Å². The number of nitriles is 1. The molecule has 0 saturated carbocycles. The second-order valence-electron chi connectivity index (χ2n) is 8.67. The van der Waals surface area contributed by atoms with Gasteiger partial charge in [-0.2, -0.15) is 9.57 Å². The molecule has 1 aliphatic heterocycles. The molecule has 35 heavy (non-hydrogen) atoms. The summed E-state index contributed by atoms with van der Waals surface area (Å²) in [6.45, 7) is 7.24. The third-order valence-corrected chi connectivity index (χ3v) is 9.47. The molecule has 1 unspecified atom stereocenters. The number of carbonyl (C=O) groups excluding carboxylic acids is 2. The van der Waals surface area contributed by atoms with E-state index in [4.69, 9.17) is 5.26 Å². The number of benzene rings is 2. The van der Waals surface area contributed by atoms with Gasteiger partial charge < -0.3 is 0 Å². The van der Waals surface area contributed by atoms with Crippen molar-refractivity contribution in [2.24, 2.45) is 0 Å². The maximum atomic E-state index is 14.2. The quantitative estimate of drug-likeness (QED) is 0.461. The molecule has 3 aromatic rings. The molecular formula is C26H25N3O4S2. The minimum absolute atomic E-state index is 0.0171. The number of aryl methyl sites for hydroxylation is 2. The molecule has 0 aliphatic carbocycles. The zero-order chi connectivity index (χ0) is 25.5. The van der Waals surface area contributed by atoms with E-state index in [1.807, 2.05) is 43.5 Å². The Morgan fingerprint density at radius 3 is 2.23 bits per heavy atom. The first kappa shape index (κ1) is 24.8. The number of amides is 2. The number of nitrogens with zero attached hydrogens (tertiary/aromatic N) is 3. The molecule has 9 heteroatoms. The molecule has 180 valence electrons. The van der Waals surface area contributed by atoms with Gasteiger partial charge in [-0.15, -0.1) is 11.3 Å². The van der Waals surface area contributed by atoms with Crippen LogP contribution in [0.1, 0.15) is 39.1 Å². The number of rotatable bonds is 6. The molecule has 4 rings (SSSR count). The average molecular weight is 508 g/mol. The number of sulfonamides is 1. The van der Waals surface area contributed by atoms with Gasteiger partial charge in [0, 0.05) is 11.4 Å². The summed E-state index contributed by atoms with van der Waals surface area (Å²) in [5.74, 6) is -1.08. The number of hydrogen-bond donors (Lipinski definition) is 0. The first-order valence-electron chi connectivity index (χ1n) is 11.0. The highest BCUT2D eigenvalue weighted by Crippen LogP contribution is 2.35. The Hall–Kier alpha value is -3.32. The fraction of sp³-hybridized carbons (Fsp3) is 0.269. The lowest BCUT2D eigenvalue weighted by Crippen LogP contribution is -2.45. The van der Waals surface area contributed by atoms with Crippen LogP contribution in [-0.2, 0) is 26.2 Å². The summed E-state index contributed by atoms with van der Waals surface area (Å²) in [5, 5.41) is 10.9. The fourth-order valence-corrected chi connectivity index (χ4v) is 7.32. The van der Waals surface area contributed by atoms with Crippen LogP contribution in [0, 0.1) is 39.0 Å². The Morgan fingerprint density at radius 1 is 1.06 bits per heavy atom. The first-order valence-corrected chi connectivity index (χ1v) is 13.4. The lowest BCUT2D eigenvalue weighted by molar-refractivity contribution is -0.122. The Morgan fingerprint density at radius 2 is 1.69 bits per heavy atom. The van der Waals surface area contributed by atoms with Crippen LogP contribution < -0.4 is 4.90 Å². The van der Waals surface area contributed by atoms with Crippen molar-refractivity contribution in [2.75, 3.05) is 4.90 Å². The van der Waals surface area contributed by atoms with Gasteiger partial charge in [-0.25, -0.2) is 13.3 Å². The predicted molar refractivity (Wildman–Crippen MR) is 134 cm³/mol. The van der Waals surface area contributed by atoms with Crippen molar-refractivity contribution in [3.63, 3.8) is 0 Å². The van der Waals surface area contributed by atoms with Crippen LogP contribution in [0.5, 0.6) is 0 Å². The zero-order valence-corrected chi connectivity index (χ0v) is 21.5. The maximum absolute atomic E-state index is 14.2. The van der Waals surface area contributed by atoms with E-state index in [9.17, 15) is 18.0 Å². The molecule has 1 aromatic heterocycles. The van der Waals surface area contributed by atoms with Gasteiger partial charge in [-0.3, -0.25) is 9.59 Å². The summed E-state index contributed by atoms with van der Waals surface area (Å²) >= 11 is 1.39. The number of anilines is 1. The fourth-order valence-electron chi connectivity index (χ4n) is 4.40. The van der Waals surface area contributed by atoms with Gasteiger partial charge >= 0.3 is 0 Å². The van der Waals surface area contributed by atoms with Crippen LogP contribution in [-0.4, -0.2) is 30.6 Å². The van der Waals surface area contributed by atoms with Gasteiger partial charge in [0.05, 0.1) is 28.6 Å². The molecule has 2 amide bonds. The van der Waals surface area contributed by atoms with Crippen LogP contribution >= 0.6 is 11.3 Å². The molecular weight excluding hydrogens is 482 g/mol. The number of imide groups is 1. The third kappa shape index (κ3) is 4.41. The topological polar surface area (TPSA) is 98.6 Å². The summed E-state index contributed by atoms with van der Waals surface area (Å²) in [5.41, 5.74) is 3.65. The minimum atomic E-state index is -4.14. The average Bonchev–Trinajstić information content (AvgIpc) is 3.43. The highest BCUT2D eigenvalue weighted by Gasteiger charge is 2.47. The third-order valence-electron chi connectivity index (χ3n) is 6.48. The summed E-state index contributed by atoms with van der Waals surface area (Å²) in [4.78, 5) is 28.5. The van der Waals surface area contributed by atoms with Gasteiger partial charge in [0.25, 0.3) is 5.91 Å². The van der Waals surface area contributed by atoms with Crippen molar-refractivity contribution in [2.45, 2.75) is 51.6 Å². The van der Waals surface area contributed by atoms with Gasteiger partial charge in [0.2, 0.25) is 15.9 Å². The first-order chi connectivity index (χ1) is 16.6. The SMILES string of the molecule is Cc1cc(C)c(C)c(S(=O)(=O)N(Cc2cccs2)C2CC(=O)N(c3ccc(C#N)cc3)C2=O)c1C. The minimum Gasteiger partial charge on any atom is -0.274 e. The molecule has 0 bridgehead atoms. The number of carbonyl (C=O) groups is 2. The van der Waals surface area contributed by atoms with Crippen molar-refractivity contribution in [3.8, 4) is 6.07 Å². The summed E-state index contributed by atoms with van der Waals surface area (Å²) in [6, 6.07) is 12.5. The highest BCUT2D eigenvalue weighted by molar-refractivity contribution is 7.89. The van der Waals surface area contributed by atoms with E-state index in [-0.39, 0.29) is 17.9 Å². The molecule has 0 radical (unpaired) electrons. The molecule has 2 aromatic carbocycles. The van der Waals surface area contributed by atoms with E-state index < -0.39 is 27.9 Å². The molecule has 1 fully saturated rings. The maximum Gasteiger partial charge on any atom is 0.252 e. The molecule has 1 aliphatic rings. The van der Waals surface area contributed by atoms with Crippen molar-refractivity contribution >= 4 is 38.9 Å². The molecule has 7 nitrogen and oxygen atoms in total. The van der Waals surface area contributed by atoms with Crippen LogP contribution in [0.25, 0.3) is 0 Å². The smallest absolute Gasteiger partial charge is 0.252 e. The van der Waals surface area contributed by atoms with Crippen molar-refractivity contribution in [1.29, 1.82) is 5.26 Å². The van der Waals surface area contributed by atoms with Crippen molar-refractivity contribution < 1.29 is 18.0 Å². The van der Waals surface area contributed by atoms with Gasteiger partial charge in [0.15, 0.2) is 0 Å². The molecule has 0 spiro atoms. The van der Waals surface area contributed by atoms with E-state index >= 15 is 0 Å². The summed E-state index contributed by atoms with van der Waals surface area (Å²) in [7, 11) is -4.14. The number of thiophene rings is 1. The predicted octanol–water partition coefficient (Wildman–Crippen LogP) is 4.38. The van der Waals surface area contributed by atoms with E-state index in [0.29, 0.717) is 22.4 Å². The van der Waals surface area contributed by atoms with E-state index in [1.165, 1.54) is 39.9 Å². The molecule has 1 saturated heterocycles. The second-order valence-corrected chi connectivity index (χ2v) is 11.5. The monoisotopic (exact) mass is 507 g/mol. The van der Waals surface area contributed by atoms with Crippen molar-refractivity contribution in [3.05, 3.63) is 80.5 Å². The summed E-state index contributed by atoms with van der Waals surface area (Å²) < 4.78 is 29.5. The zero-order valence-electron chi connectivity index (χ0n) is 19.9. The summed E-state index contributed by atoms with van der Waals surface area (Å²) in [6.07, 6.45) is -0.258. The van der Waals surface area contributed by atoms with Gasteiger partial charge in [-0.05, 0) is 85.7 Å². The van der Waals surface area contributed by atoms with E-state index in [0.717, 1.165) is 20.9 Å². The van der Waals surface area contributed by atoms with Crippen LogP contribution in [0.4, 0.5) is 5.69 Å². The van der Waals surface area contributed by atoms with Crippen molar-refractivity contribution in [1.82, 2.24) is 4.31 Å². The van der Waals surface area contributed by atoms with E-state index in [1.54, 1.807) is 13.8 Å². The lowest BCUT2D eigenvalue weighted by atomic mass is 10.0. The van der Waals surface area contributed by atoms with Crippen LogP contribution in [0.15, 0.2) is 52.7 Å². The Balaban J connectivity index is 1.82. The Bertz CT molecular complexity index is 1430. The van der Waals surface area contributed by atoms with Gasteiger partial charge in [-0.1, -0.05) is 12.1 Å².